The molecule has 1 saturated heterocycles. The summed E-state index contributed by atoms with van der Waals surface area (Å²) >= 11 is 0. The zero-order valence-electron chi connectivity index (χ0n) is 14.5. The number of halogens is 1. The Balaban J connectivity index is 1.76. The van der Waals surface area contributed by atoms with Crippen LogP contribution in [0.25, 0.3) is 0 Å². The number of hydrogen-bond acceptors (Lipinski definition) is 3. The Bertz CT molecular complexity index is 928. The van der Waals surface area contributed by atoms with Crippen molar-refractivity contribution in [3.05, 3.63) is 65.0 Å². The van der Waals surface area contributed by atoms with E-state index in [2.05, 4.69) is 4.72 Å². The van der Waals surface area contributed by atoms with Crippen molar-refractivity contribution >= 4 is 15.9 Å². The van der Waals surface area contributed by atoms with E-state index in [4.69, 9.17) is 0 Å². The quantitative estimate of drug-likeness (QED) is 0.843. The number of amides is 1. The maximum Gasteiger partial charge on any atom is 0.241 e. The van der Waals surface area contributed by atoms with E-state index in [0.29, 0.717) is 18.5 Å². The maximum absolute atomic E-state index is 13.2. The molecule has 3 rings (SSSR count). The molecule has 0 aromatic heterocycles. The van der Waals surface area contributed by atoms with Gasteiger partial charge < -0.3 is 4.90 Å². The van der Waals surface area contributed by atoms with Crippen LogP contribution in [0, 0.1) is 12.7 Å². The highest BCUT2D eigenvalue weighted by Gasteiger charge is 2.22. The minimum atomic E-state index is -3.76. The second-order valence-electron chi connectivity index (χ2n) is 6.42. The van der Waals surface area contributed by atoms with Crippen molar-refractivity contribution in [3.8, 4) is 0 Å². The standard InChI is InChI=1S/C19H21FN2O3S/c1-14-11-17(20)8-9-18(14)26(24,25)21-12-15-5-2-3-6-16(15)13-22-10-4-7-19(22)23/h2-3,5-6,8-9,11,21H,4,7,10,12-13H2,1H3. The lowest BCUT2D eigenvalue weighted by atomic mass is 10.1. The molecule has 1 heterocycles. The number of carbonyl (C=O) groups is 1. The molecule has 0 saturated carbocycles. The van der Waals surface area contributed by atoms with Gasteiger partial charge in [-0.05, 0) is 48.2 Å². The highest BCUT2D eigenvalue weighted by atomic mass is 32.2. The van der Waals surface area contributed by atoms with Crippen molar-refractivity contribution in [2.75, 3.05) is 6.54 Å². The average Bonchev–Trinajstić information content (AvgIpc) is 2.99. The van der Waals surface area contributed by atoms with Gasteiger partial charge in [0.1, 0.15) is 5.82 Å². The zero-order valence-corrected chi connectivity index (χ0v) is 15.4. The molecular weight excluding hydrogens is 355 g/mol. The van der Waals surface area contributed by atoms with Gasteiger partial charge in [-0.3, -0.25) is 4.79 Å². The van der Waals surface area contributed by atoms with Crippen LogP contribution in [0.4, 0.5) is 4.39 Å². The van der Waals surface area contributed by atoms with Gasteiger partial charge in [0, 0.05) is 26.1 Å². The lowest BCUT2D eigenvalue weighted by molar-refractivity contribution is -0.128. The molecule has 138 valence electrons. The fourth-order valence-electron chi connectivity index (χ4n) is 3.13. The minimum absolute atomic E-state index is 0.0612. The first-order valence-corrected chi connectivity index (χ1v) is 9.95. The number of benzene rings is 2. The molecule has 1 aliphatic rings. The van der Waals surface area contributed by atoms with E-state index in [9.17, 15) is 17.6 Å². The molecule has 26 heavy (non-hydrogen) atoms. The van der Waals surface area contributed by atoms with Gasteiger partial charge in [-0.25, -0.2) is 17.5 Å². The lowest BCUT2D eigenvalue weighted by Crippen LogP contribution is -2.27. The summed E-state index contributed by atoms with van der Waals surface area (Å²) in [5, 5.41) is 0. The van der Waals surface area contributed by atoms with Gasteiger partial charge in [0.25, 0.3) is 0 Å². The molecule has 0 aliphatic carbocycles. The predicted octanol–water partition coefficient (Wildman–Crippen LogP) is 2.74. The summed E-state index contributed by atoms with van der Waals surface area (Å²) in [7, 11) is -3.76. The Morgan fingerprint density at radius 1 is 1.15 bits per heavy atom. The summed E-state index contributed by atoms with van der Waals surface area (Å²) in [6, 6.07) is 11.0. The Kier molecular flexibility index (Phi) is 5.38. The van der Waals surface area contributed by atoms with Crippen molar-refractivity contribution in [3.63, 3.8) is 0 Å². The van der Waals surface area contributed by atoms with E-state index < -0.39 is 15.8 Å². The summed E-state index contributed by atoms with van der Waals surface area (Å²) in [5.41, 5.74) is 2.09. The van der Waals surface area contributed by atoms with Crippen LogP contribution in [-0.4, -0.2) is 25.8 Å². The molecule has 5 nitrogen and oxygen atoms in total. The van der Waals surface area contributed by atoms with Crippen LogP contribution in [0.1, 0.15) is 29.5 Å². The summed E-state index contributed by atoms with van der Waals surface area (Å²) < 4.78 is 40.9. The van der Waals surface area contributed by atoms with E-state index in [0.717, 1.165) is 30.2 Å². The van der Waals surface area contributed by atoms with Crippen molar-refractivity contribution in [2.45, 2.75) is 37.8 Å². The van der Waals surface area contributed by atoms with Crippen LogP contribution in [0.15, 0.2) is 47.4 Å². The smallest absolute Gasteiger partial charge is 0.241 e. The third kappa shape index (κ3) is 4.11. The molecule has 7 heteroatoms. The van der Waals surface area contributed by atoms with Crippen LogP contribution in [0.3, 0.4) is 0 Å². The average molecular weight is 376 g/mol. The molecule has 1 N–H and O–H groups in total. The maximum atomic E-state index is 13.2. The van der Waals surface area contributed by atoms with E-state index in [1.165, 1.54) is 12.1 Å². The van der Waals surface area contributed by atoms with Crippen LogP contribution in [-0.2, 0) is 27.9 Å². The van der Waals surface area contributed by atoms with E-state index in [1.807, 2.05) is 24.3 Å². The first-order valence-electron chi connectivity index (χ1n) is 8.47. The molecule has 2 aromatic carbocycles. The van der Waals surface area contributed by atoms with Gasteiger partial charge in [-0.1, -0.05) is 24.3 Å². The SMILES string of the molecule is Cc1cc(F)ccc1S(=O)(=O)NCc1ccccc1CN1CCCC1=O. The largest absolute Gasteiger partial charge is 0.338 e. The van der Waals surface area contributed by atoms with Gasteiger partial charge in [-0.2, -0.15) is 0 Å². The van der Waals surface area contributed by atoms with Gasteiger partial charge in [0.15, 0.2) is 0 Å². The lowest BCUT2D eigenvalue weighted by Gasteiger charge is -2.18. The van der Waals surface area contributed by atoms with Crippen LogP contribution >= 0.6 is 0 Å². The molecular formula is C19H21FN2O3S. The fourth-order valence-corrected chi connectivity index (χ4v) is 4.36. The number of nitrogens with zero attached hydrogens (tertiary/aromatic N) is 1. The van der Waals surface area contributed by atoms with Gasteiger partial charge in [-0.15, -0.1) is 0 Å². The van der Waals surface area contributed by atoms with Crippen LogP contribution in [0.5, 0.6) is 0 Å². The van der Waals surface area contributed by atoms with Crippen molar-refractivity contribution in [1.29, 1.82) is 0 Å². The van der Waals surface area contributed by atoms with Gasteiger partial charge in [0.05, 0.1) is 4.90 Å². The van der Waals surface area contributed by atoms with Crippen molar-refractivity contribution < 1.29 is 17.6 Å². The highest BCUT2D eigenvalue weighted by molar-refractivity contribution is 7.89. The number of sulfonamides is 1. The molecule has 1 fully saturated rings. The van der Waals surface area contributed by atoms with E-state index >= 15 is 0 Å². The molecule has 0 unspecified atom stereocenters. The van der Waals surface area contributed by atoms with E-state index in [-0.39, 0.29) is 17.3 Å². The first-order chi connectivity index (χ1) is 12.4. The zero-order chi connectivity index (χ0) is 18.7. The number of rotatable bonds is 6. The Labute approximate surface area is 152 Å². The number of nitrogens with one attached hydrogen (secondary N) is 1. The Hall–Kier alpha value is -2.25. The monoisotopic (exact) mass is 376 g/mol. The number of aryl methyl sites for hydroxylation is 1. The molecule has 1 amide bonds. The third-order valence-electron chi connectivity index (χ3n) is 4.53. The summed E-state index contributed by atoms with van der Waals surface area (Å²) in [4.78, 5) is 13.7. The summed E-state index contributed by atoms with van der Waals surface area (Å²) in [6.45, 7) is 2.88. The van der Waals surface area contributed by atoms with Gasteiger partial charge in [0.2, 0.25) is 15.9 Å². The predicted molar refractivity (Wildman–Crippen MR) is 96.3 cm³/mol. The third-order valence-corrected chi connectivity index (χ3v) is 6.09. The number of hydrogen-bond donors (Lipinski definition) is 1. The molecule has 0 radical (unpaired) electrons. The number of likely N-dealkylation sites (tertiary alicyclic amines) is 1. The van der Waals surface area contributed by atoms with Crippen LogP contribution < -0.4 is 4.72 Å². The van der Waals surface area contributed by atoms with Crippen LogP contribution in [0.2, 0.25) is 0 Å². The second kappa shape index (κ2) is 7.55. The fraction of sp³-hybridized carbons (Fsp3) is 0.316. The number of carbonyl (C=O) groups excluding carboxylic acids is 1. The summed E-state index contributed by atoms with van der Waals surface area (Å²) in [5.74, 6) is -0.343. The Morgan fingerprint density at radius 2 is 1.88 bits per heavy atom. The minimum Gasteiger partial charge on any atom is -0.338 e. The second-order valence-corrected chi connectivity index (χ2v) is 8.16. The normalized spacial score (nSPS) is 14.8. The Morgan fingerprint density at radius 3 is 2.54 bits per heavy atom. The molecule has 0 bridgehead atoms. The van der Waals surface area contributed by atoms with Gasteiger partial charge >= 0.3 is 0 Å². The first kappa shape index (κ1) is 18.5. The topological polar surface area (TPSA) is 66.5 Å². The molecule has 0 spiro atoms. The molecule has 1 aliphatic heterocycles. The summed E-state index contributed by atoms with van der Waals surface area (Å²) in [6.07, 6.45) is 1.43. The van der Waals surface area contributed by atoms with E-state index in [1.54, 1.807) is 11.8 Å². The molecule has 0 atom stereocenters. The molecule has 2 aromatic rings. The highest BCUT2D eigenvalue weighted by Crippen LogP contribution is 2.19. The van der Waals surface area contributed by atoms with Crippen molar-refractivity contribution in [1.82, 2.24) is 9.62 Å². The van der Waals surface area contributed by atoms with Crippen molar-refractivity contribution in [2.24, 2.45) is 0 Å².